The fourth-order valence-electron chi connectivity index (χ4n) is 4.76. The van der Waals surface area contributed by atoms with E-state index in [1.807, 2.05) is 6.07 Å². The van der Waals surface area contributed by atoms with Gasteiger partial charge in [0.15, 0.2) is 14.1 Å². The number of hydrogen-bond acceptors (Lipinski definition) is 8. The highest BCUT2D eigenvalue weighted by Crippen LogP contribution is 2.37. The molecule has 0 amide bonds. The Morgan fingerprint density at radius 3 is 2.56 bits per heavy atom. The van der Waals surface area contributed by atoms with Crippen molar-refractivity contribution >= 4 is 50.0 Å². The summed E-state index contributed by atoms with van der Waals surface area (Å²) in [5, 5.41) is 16.4. The topological polar surface area (TPSA) is 101 Å². The van der Waals surface area contributed by atoms with Crippen LogP contribution in [-0.4, -0.2) is 44.7 Å². The SMILES string of the molecule is CC1(C)COB(c2c(F)cc(Nc3ncc(Cl)c(NC4CCCCC4C#N)n3)cc2CO[Si](C)(C)C(C)(C)C)OC1. The van der Waals surface area contributed by atoms with Gasteiger partial charge in [-0.2, -0.15) is 10.2 Å². The lowest BCUT2D eigenvalue weighted by Crippen LogP contribution is -2.50. The average Bonchev–Trinajstić information content (AvgIpc) is 2.89. The van der Waals surface area contributed by atoms with Gasteiger partial charge in [-0.25, -0.2) is 9.37 Å². The van der Waals surface area contributed by atoms with Gasteiger partial charge in [0.05, 0.1) is 24.8 Å². The van der Waals surface area contributed by atoms with Crippen LogP contribution in [0.5, 0.6) is 0 Å². The van der Waals surface area contributed by atoms with Crippen molar-refractivity contribution in [2.24, 2.45) is 11.3 Å². The zero-order chi connectivity index (χ0) is 30.0. The second kappa shape index (κ2) is 12.6. The summed E-state index contributed by atoms with van der Waals surface area (Å²) >= 11 is 6.41. The van der Waals surface area contributed by atoms with E-state index in [1.54, 1.807) is 0 Å². The van der Waals surface area contributed by atoms with E-state index in [4.69, 9.17) is 25.3 Å². The minimum Gasteiger partial charge on any atom is -0.413 e. The summed E-state index contributed by atoms with van der Waals surface area (Å²) in [7, 11) is -2.95. The third kappa shape index (κ3) is 7.79. The van der Waals surface area contributed by atoms with Crippen LogP contribution in [-0.2, 0) is 20.3 Å². The summed E-state index contributed by atoms with van der Waals surface area (Å²) in [6.45, 7) is 16.1. The van der Waals surface area contributed by atoms with Crippen LogP contribution in [0.2, 0.25) is 23.2 Å². The van der Waals surface area contributed by atoms with Gasteiger partial charge in [0.2, 0.25) is 5.95 Å². The van der Waals surface area contributed by atoms with Crippen LogP contribution in [0.1, 0.15) is 65.9 Å². The van der Waals surface area contributed by atoms with Gasteiger partial charge in [-0.15, -0.1) is 0 Å². The maximum Gasteiger partial charge on any atom is 0.497 e. The van der Waals surface area contributed by atoms with Crippen LogP contribution in [0.4, 0.5) is 21.8 Å². The van der Waals surface area contributed by atoms with E-state index in [0.29, 0.717) is 40.8 Å². The summed E-state index contributed by atoms with van der Waals surface area (Å²) in [5.41, 5.74) is 1.32. The van der Waals surface area contributed by atoms with Crippen molar-refractivity contribution in [3.8, 4) is 6.07 Å². The Labute approximate surface area is 250 Å². The predicted octanol–water partition coefficient (Wildman–Crippen LogP) is 6.80. The zero-order valence-electron chi connectivity index (χ0n) is 25.2. The quantitative estimate of drug-likeness (QED) is 0.319. The monoisotopic (exact) mass is 601 g/mol. The Kier molecular flexibility index (Phi) is 9.71. The van der Waals surface area contributed by atoms with E-state index in [9.17, 15) is 5.26 Å². The molecular weight excluding hydrogens is 560 g/mol. The lowest BCUT2D eigenvalue weighted by Gasteiger charge is -2.37. The number of hydrogen-bond donors (Lipinski definition) is 2. The Hall–Kier alpha value is -2.23. The molecule has 0 bridgehead atoms. The van der Waals surface area contributed by atoms with Crippen LogP contribution in [0.25, 0.3) is 0 Å². The molecule has 1 aromatic carbocycles. The number of nitriles is 1. The minimum atomic E-state index is -2.13. The van der Waals surface area contributed by atoms with E-state index in [2.05, 4.69) is 74.4 Å². The lowest BCUT2D eigenvalue weighted by molar-refractivity contribution is 0.0339. The van der Waals surface area contributed by atoms with Crippen molar-refractivity contribution in [3.05, 3.63) is 34.7 Å². The van der Waals surface area contributed by atoms with Crippen molar-refractivity contribution in [1.82, 2.24) is 9.97 Å². The molecule has 4 rings (SSSR count). The molecule has 1 aliphatic carbocycles. The van der Waals surface area contributed by atoms with E-state index >= 15 is 4.39 Å². The number of nitrogens with zero attached hydrogens (tertiary/aromatic N) is 3. The maximum atomic E-state index is 15.8. The molecule has 2 aliphatic rings. The summed E-state index contributed by atoms with van der Waals surface area (Å²) in [6.07, 6.45) is 5.30. The molecule has 2 N–H and O–H groups in total. The molecule has 2 aromatic rings. The zero-order valence-corrected chi connectivity index (χ0v) is 27.0. The van der Waals surface area contributed by atoms with Crippen molar-refractivity contribution in [2.45, 2.75) is 91.1 Å². The fraction of sp³-hybridized carbons (Fsp3) is 0.621. The highest BCUT2D eigenvalue weighted by molar-refractivity contribution is 6.74. The summed E-state index contributed by atoms with van der Waals surface area (Å²) in [5.74, 6) is 0.143. The Bertz CT molecular complexity index is 1280. The number of aromatic nitrogens is 2. The first kappa shape index (κ1) is 31.7. The molecule has 12 heteroatoms. The molecule has 222 valence electrons. The largest absolute Gasteiger partial charge is 0.497 e. The molecule has 2 fully saturated rings. The number of benzene rings is 1. The van der Waals surface area contributed by atoms with Gasteiger partial charge < -0.3 is 24.4 Å². The predicted molar refractivity (Wildman–Crippen MR) is 165 cm³/mol. The van der Waals surface area contributed by atoms with Gasteiger partial charge in [-0.1, -0.05) is 59.1 Å². The van der Waals surface area contributed by atoms with Gasteiger partial charge in [0.1, 0.15) is 10.8 Å². The highest BCUT2D eigenvalue weighted by Gasteiger charge is 2.40. The normalized spacial score (nSPS) is 21.3. The first-order chi connectivity index (χ1) is 19.2. The molecule has 2 unspecified atom stereocenters. The molecule has 1 aromatic heterocycles. The van der Waals surface area contributed by atoms with Crippen molar-refractivity contribution in [1.29, 1.82) is 5.26 Å². The van der Waals surface area contributed by atoms with Gasteiger partial charge in [-0.3, -0.25) is 0 Å². The molecule has 1 saturated heterocycles. The van der Waals surface area contributed by atoms with Crippen LogP contribution in [0.3, 0.4) is 0 Å². The molecule has 0 radical (unpaired) electrons. The minimum absolute atomic E-state index is 0.00708. The summed E-state index contributed by atoms with van der Waals surface area (Å²) < 4.78 is 34.3. The molecule has 1 saturated carbocycles. The van der Waals surface area contributed by atoms with Gasteiger partial charge in [-0.05, 0) is 48.7 Å². The standard InChI is InChI=1S/C29H42BClFN5O3Si/c1-28(2,3)41(6,7)40-16-20-12-21(13-23(32)25(20)30-38-17-29(4,5)18-39-30)35-27-34-15-22(31)26(37-27)36-24-11-9-8-10-19(24)14-33/h12-13,15,19,24H,8-11,16-18H2,1-7H3,(H2,34,35,36,37). The summed E-state index contributed by atoms with van der Waals surface area (Å²) in [4.78, 5) is 8.88. The van der Waals surface area contributed by atoms with Gasteiger partial charge in [0.25, 0.3) is 0 Å². The lowest BCUT2D eigenvalue weighted by atomic mass is 9.73. The average molecular weight is 602 g/mol. The van der Waals surface area contributed by atoms with Crippen molar-refractivity contribution in [2.75, 3.05) is 23.8 Å². The number of rotatable bonds is 8. The third-order valence-corrected chi connectivity index (χ3v) is 13.1. The fourth-order valence-corrected chi connectivity index (χ4v) is 5.85. The molecule has 2 atom stereocenters. The maximum absolute atomic E-state index is 15.8. The van der Waals surface area contributed by atoms with E-state index in [-0.39, 0.29) is 35.0 Å². The molecular formula is C29H42BClFN5O3Si. The molecule has 1 aliphatic heterocycles. The second-order valence-electron chi connectivity index (χ2n) is 13.5. The first-order valence-electron chi connectivity index (χ1n) is 14.3. The highest BCUT2D eigenvalue weighted by atomic mass is 35.5. The van der Waals surface area contributed by atoms with Crippen LogP contribution < -0.4 is 16.1 Å². The van der Waals surface area contributed by atoms with Crippen molar-refractivity contribution < 1.29 is 18.1 Å². The van der Waals surface area contributed by atoms with Crippen LogP contribution >= 0.6 is 11.6 Å². The van der Waals surface area contributed by atoms with Crippen LogP contribution in [0, 0.1) is 28.5 Å². The van der Waals surface area contributed by atoms with Gasteiger partial charge >= 0.3 is 7.12 Å². The number of anilines is 3. The first-order valence-corrected chi connectivity index (χ1v) is 17.6. The van der Waals surface area contributed by atoms with E-state index in [1.165, 1.54) is 12.3 Å². The molecule has 8 nitrogen and oxygen atoms in total. The molecule has 0 spiro atoms. The second-order valence-corrected chi connectivity index (χ2v) is 18.7. The number of nitrogens with one attached hydrogen (secondary N) is 2. The Morgan fingerprint density at radius 2 is 1.90 bits per heavy atom. The van der Waals surface area contributed by atoms with E-state index in [0.717, 1.165) is 25.7 Å². The van der Waals surface area contributed by atoms with Crippen molar-refractivity contribution in [3.63, 3.8) is 0 Å². The smallest absolute Gasteiger partial charge is 0.413 e. The summed E-state index contributed by atoms with van der Waals surface area (Å²) in [6, 6.07) is 5.60. The Balaban J connectivity index is 1.61. The van der Waals surface area contributed by atoms with Gasteiger partial charge in [0, 0.05) is 35.8 Å². The third-order valence-electron chi connectivity index (χ3n) is 8.35. The molecule has 41 heavy (non-hydrogen) atoms. The number of halogens is 2. The van der Waals surface area contributed by atoms with Crippen LogP contribution in [0.15, 0.2) is 18.3 Å². The molecule has 2 heterocycles. The Morgan fingerprint density at radius 1 is 1.22 bits per heavy atom. The van der Waals surface area contributed by atoms with E-state index < -0.39 is 21.3 Å².